The van der Waals surface area contributed by atoms with Gasteiger partial charge in [-0.15, -0.1) is 11.3 Å². The molecule has 0 saturated heterocycles. The van der Waals surface area contributed by atoms with E-state index in [1.165, 1.54) is 35.9 Å². The molecule has 3 aromatic heterocycles. The number of aromatic nitrogens is 2. The number of halogens is 1. The van der Waals surface area contributed by atoms with Crippen molar-refractivity contribution >= 4 is 64.7 Å². The number of carbonyl (C=O) groups is 1. The van der Waals surface area contributed by atoms with Gasteiger partial charge in [0.25, 0.3) is 0 Å². The standard InChI is InChI=1S/C24H22ClN5O5S3/c1-37(26,33)15-9-10-27-18(12-15)16-4-2-3-13-11-19(36-23(13)16)22(30-38(34,35)14-5-6-14)21-17(25)7-8-20(28-21)29-24(31)32/h2-4,7-12,14,22,26,30H,5-6H2,1H3,(H,28,29)(H,31,32). The van der Waals surface area contributed by atoms with Crippen molar-refractivity contribution in [2.75, 3.05) is 11.6 Å². The molecule has 10 nitrogen and oxygen atoms in total. The molecule has 2 unspecified atom stereocenters. The van der Waals surface area contributed by atoms with E-state index in [0.29, 0.717) is 28.3 Å². The van der Waals surface area contributed by atoms with Crippen molar-refractivity contribution in [2.45, 2.75) is 29.0 Å². The molecule has 1 aromatic carbocycles. The number of hydrogen-bond acceptors (Lipinski definition) is 8. The monoisotopic (exact) mass is 591 g/mol. The van der Waals surface area contributed by atoms with E-state index >= 15 is 0 Å². The summed E-state index contributed by atoms with van der Waals surface area (Å²) >= 11 is 7.78. The van der Waals surface area contributed by atoms with E-state index in [1.54, 1.807) is 12.1 Å². The van der Waals surface area contributed by atoms with Crippen molar-refractivity contribution in [3.63, 3.8) is 0 Å². The van der Waals surface area contributed by atoms with E-state index in [-0.39, 0.29) is 16.5 Å². The Kier molecular flexibility index (Phi) is 6.90. The van der Waals surface area contributed by atoms with Crippen LogP contribution in [0.15, 0.2) is 59.6 Å². The van der Waals surface area contributed by atoms with Crippen molar-refractivity contribution in [2.24, 2.45) is 0 Å². The Hall–Kier alpha value is -3.10. The van der Waals surface area contributed by atoms with Crippen LogP contribution in [0.2, 0.25) is 5.02 Å². The van der Waals surface area contributed by atoms with Crippen molar-refractivity contribution in [1.82, 2.24) is 14.7 Å². The van der Waals surface area contributed by atoms with Crippen LogP contribution in [0.3, 0.4) is 0 Å². The summed E-state index contributed by atoms with van der Waals surface area (Å²) in [4.78, 5) is 20.9. The summed E-state index contributed by atoms with van der Waals surface area (Å²) in [5, 5.41) is 11.8. The van der Waals surface area contributed by atoms with Gasteiger partial charge in [-0.2, -0.15) is 0 Å². The number of pyridine rings is 2. The summed E-state index contributed by atoms with van der Waals surface area (Å²) in [6.45, 7) is 0. The van der Waals surface area contributed by atoms with Crippen LogP contribution in [0.25, 0.3) is 21.3 Å². The first kappa shape index (κ1) is 26.5. The highest BCUT2D eigenvalue weighted by atomic mass is 35.5. The summed E-state index contributed by atoms with van der Waals surface area (Å²) in [6.07, 6.45) is 2.65. The predicted molar refractivity (Wildman–Crippen MR) is 148 cm³/mol. The molecule has 0 radical (unpaired) electrons. The third kappa shape index (κ3) is 5.52. The lowest BCUT2D eigenvalue weighted by atomic mass is 10.1. The minimum absolute atomic E-state index is 0.00823. The third-order valence-electron chi connectivity index (χ3n) is 5.93. The first-order chi connectivity index (χ1) is 17.9. The second kappa shape index (κ2) is 9.89. The van der Waals surface area contributed by atoms with E-state index in [9.17, 15) is 17.4 Å². The second-order valence-corrected chi connectivity index (χ2v) is 14.5. The highest BCUT2D eigenvalue weighted by molar-refractivity contribution is 7.91. The van der Waals surface area contributed by atoms with Gasteiger partial charge < -0.3 is 5.11 Å². The molecule has 0 spiro atoms. The van der Waals surface area contributed by atoms with Crippen LogP contribution in [-0.4, -0.2) is 45.3 Å². The quantitative estimate of drug-likeness (QED) is 0.216. The Balaban J connectivity index is 1.66. The summed E-state index contributed by atoms with van der Waals surface area (Å²) in [6, 6.07) is 12.4. The van der Waals surface area contributed by atoms with Crippen LogP contribution < -0.4 is 10.0 Å². The van der Waals surface area contributed by atoms with E-state index in [2.05, 4.69) is 20.0 Å². The lowest BCUT2D eigenvalue weighted by molar-refractivity contribution is 0.209. The van der Waals surface area contributed by atoms with E-state index in [1.807, 2.05) is 24.3 Å². The Bertz CT molecular complexity index is 1790. The first-order valence-corrected chi connectivity index (χ1v) is 16.0. The fraction of sp³-hybridized carbons (Fsp3) is 0.208. The lowest BCUT2D eigenvalue weighted by Gasteiger charge is -2.19. The summed E-state index contributed by atoms with van der Waals surface area (Å²) in [5.74, 6) is 0.00823. The number of fused-ring (bicyclic) bond motifs is 1. The maximum absolute atomic E-state index is 13.0. The van der Waals surface area contributed by atoms with Crippen LogP contribution in [-0.2, 0) is 19.8 Å². The van der Waals surface area contributed by atoms with E-state index in [4.69, 9.17) is 21.5 Å². The smallest absolute Gasteiger partial charge is 0.410 e. The van der Waals surface area contributed by atoms with Crippen molar-refractivity contribution in [3.8, 4) is 11.3 Å². The van der Waals surface area contributed by atoms with Gasteiger partial charge in [-0.25, -0.2) is 31.9 Å². The number of rotatable bonds is 8. The Morgan fingerprint density at radius 2 is 1.95 bits per heavy atom. The SMILES string of the molecule is CS(=N)(=O)c1ccnc(-c2cccc3cc(C(NS(=O)(=O)C4CC4)c4nc(NC(=O)O)ccc4Cl)sc23)c1. The zero-order valence-corrected chi connectivity index (χ0v) is 23.0. The third-order valence-corrected chi connectivity index (χ3v) is 10.6. The number of carboxylic acid groups (broad SMARTS) is 1. The summed E-state index contributed by atoms with van der Waals surface area (Å²) < 4.78 is 49.8. The number of thiophene rings is 1. The Morgan fingerprint density at radius 1 is 1.18 bits per heavy atom. The van der Waals surface area contributed by atoms with Gasteiger partial charge in [-0.3, -0.25) is 10.3 Å². The van der Waals surface area contributed by atoms with Crippen molar-refractivity contribution in [3.05, 3.63) is 70.3 Å². The molecule has 38 heavy (non-hydrogen) atoms. The molecule has 14 heteroatoms. The molecule has 198 valence electrons. The lowest BCUT2D eigenvalue weighted by Crippen LogP contribution is -2.32. The number of sulfonamides is 1. The van der Waals surface area contributed by atoms with Crippen molar-refractivity contribution < 1.29 is 22.5 Å². The number of nitrogens with one attached hydrogen (secondary N) is 3. The number of anilines is 1. The highest BCUT2D eigenvalue weighted by Gasteiger charge is 2.38. The van der Waals surface area contributed by atoms with Gasteiger partial charge in [0.15, 0.2) is 0 Å². The average molecular weight is 592 g/mol. The van der Waals surface area contributed by atoms with Gasteiger partial charge in [-0.05, 0) is 48.6 Å². The van der Waals surface area contributed by atoms with Crippen molar-refractivity contribution in [1.29, 1.82) is 4.78 Å². The van der Waals surface area contributed by atoms with Gasteiger partial charge in [0, 0.05) is 27.6 Å². The average Bonchev–Trinajstić information content (AvgIpc) is 3.63. The molecular weight excluding hydrogens is 570 g/mol. The Labute approximate surface area is 228 Å². The molecule has 4 aromatic rings. The van der Waals surface area contributed by atoms with Crippen LogP contribution in [0.4, 0.5) is 10.6 Å². The fourth-order valence-electron chi connectivity index (χ4n) is 3.95. The maximum Gasteiger partial charge on any atom is 0.410 e. The fourth-order valence-corrected chi connectivity index (χ4v) is 7.65. The number of nitrogens with zero attached hydrogens (tertiary/aromatic N) is 2. The van der Waals surface area contributed by atoms with Gasteiger partial charge in [0.1, 0.15) is 5.82 Å². The van der Waals surface area contributed by atoms with E-state index in [0.717, 1.165) is 15.6 Å². The van der Waals surface area contributed by atoms with Gasteiger partial charge in [-0.1, -0.05) is 29.8 Å². The number of hydrogen-bond donors (Lipinski definition) is 4. The summed E-state index contributed by atoms with van der Waals surface area (Å²) in [7, 11) is -6.66. The van der Waals surface area contributed by atoms with Crippen LogP contribution in [0.1, 0.15) is 29.5 Å². The summed E-state index contributed by atoms with van der Waals surface area (Å²) in [5.41, 5.74) is 1.42. The zero-order chi connectivity index (χ0) is 27.2. The molecule has 4 N–H and O–H groups in total. The molecule has 1 saturated carbocycles. The molecule has 0 bridgehead atoms. The topological polar surface area (TPSA) is 162 Å². The molecule has 1 aliphatic rings. The van der Waals surface area contributed by atoms with Crippen LogP contribution in [0, 0.1) is 4.78 Å². The number of amides is 1. The predicted octanol–water partition coefficient (Wildman–Crippen LogP) is 5.31. The maximum atomic E-state index is 13.0. The first-order valence-electron chi connectivity index (χ1n) is 11.3. The molecule has 2 atom stereocenters. The normalized spacial score (nSPS) is 16.2. The minimum Gasteiger partial charge on any atom is -0.465 e. The molecule has 1 amide bonds. The molecule has 1 fully saturated rings. The van der Waals surface area contributed by atoms with E-state index < -0.39 is 37.1 Å². The largest absolute Gasteiger partial charge is 0.465 e. The molecule has 1 aliphatic carbocycles. The van der Waals surface area contributed by atoms with Gasteiger partial charge >= 0.3 is 6.09 Å². The zero-order valence-electron chi connectivity index (χ0n) is 19.8. The van der Waals surface area contributed by atoms with Crippen LogP contribution >= 0.6 is 22.9 Å². The second-order valence-electron chi connectivity index (χ2n) is 8.88. The molecule has 5 rings (SSSR count). The molecule has 0 aliphatic heterocycles. The molecular formula is C24H22ClN5O5S3. The highest BCUT2D eigenvalue weighted by Crippen LogP contribution is 2.41. The van der Waals surface area contributed by atoms with Gasteiger partial charge in [0.2, 0.25) is 10.0 Å². The number of benzene rings is 1. The van der Waals surface area contributed by atoms with Crippen LogP contribution in [0.5, 0.6) is 0 Å². The molecule has 3 heterocycles. The Morgan fingerprint density at radius 3 is 2.63 bits per heavy atom. The minimum atomic E-state index is -3.70. The van der Waals surface area contributed by atoms with Gasteiger partial charge in [0.05, 0.1) is 42.3 Å².